The highest BCUT2D eigenvalue weighted by molar-refractivity contribution is 5.93. The van der Waals surface area contributed by atoms with Crippen LogP contribution in [0.2, 0.25) is 0 Å². The number of carbonyl (C=O) groups excluding carboxylic acids is 3. The Morgan fingerprint density at radius 3 is 2.11 bits per heavy atom. The molecule has 3 aromatic rings. The minimum absolute atomic E-state index is 0.169. The number of alkyl halides is 6. The fraction of sp³-hybridized carbons (Fsp3) is 0.308. The molecule has 0 aliphatic rings. The summed E-state index contributed by atoms with van der Waals surface area (Å²) in [4.78, 5) is 65.5. The zero-order valence-corrected chi connectivity index (χ0v) is 22.8. The first-order valence-electron chi connectivity index (χ1n) is 12.3. The van der Waals surface area contributed by atoms with Crippen molar-refractivity contribution in [2.75, 3.05) is 5.32 Å². The molecular formula is C26H25F6N5O7. The molecule has 0 aliphatic carbocycles. The number of amides is 2. The van der Waals surface area contributed by atoms with E-state index in [0.29, 0.717) is 11.3 Å². The number of nitrogens with zero attached hydrogens (tertiary/aromatic N) is 2. The van der Waals surface area contributed by atoms with Crippen LogP contribution < -0.4 is 16.2 Å². The maximum Gasteiger partial charge on any atom is 0.490 e. The van der Waals surface area contributed by atoms with Crippen LogP contribution >= 0.6 is 0 Å². The Bertz CT molecular complexity index is 1500. The third-order valence-electron chi connectivity index (χ3n) is 5.48. The van der Waals surface area contributed by atoms with Crippen molar-refractivity contribution in [1.82, 2.24) is 19.9 Å². The van der Waals surface area contributed by atoms with Gasteiger partial charge in [-0.15, -0.1) is 0 Å². The van der Waals surface area contributed by atoms with Crippen LogP contribution in [0.1, 0.15) is 19.5 Å². The molecule has 1 atom stereocenters. The van der Waals surface area contributed by atoms with Gasteiger partial charge in [0.1, 0.15) is 18.8 Å². The van der Waals surface area contributed by atoms with Crippen molar-refractivity contribution >= 4 is 29.4 Å². The first-order chi connectivity index (χ1) is 20.4. The number of nitrogens with one attached hydrogen (secondary N) is 3. The quantitative estimate of drug-likeness (QED) is 0.257. The average molecular weight is 634 g/mol. The van der Waals surface area contributed by atoms with Gasteiger partial charge in [-0.2, -0.15) is 26.3 Å². The molecule has 1 unspecified atom stereocenters. The standard InChI is InChI=1S/C24H24F3N5O5.C2HF3O2/c1-14(2)20(21(34)24(25,26)27)31-19(33)11-32-18(15-6-4-3-5-7-15)9-8-17(22(32)35)30-23(36)37-12-16-10-28-13-29-16;3-2(4,5)1(6)7/h3-10,13-14,20H,11-12H2,1-2H3,(H,28,29)(H,30,36)(H,31,33);(H,6,7). The lowest BCUT2D eigenvalue weighted by Crippen LogP contribution is -2.50. The van der Waals surface area contributed by atoms with Crippen LogP contribution in [0.4, 0.5) is 36.8 Å². The van der Waals surface area contributed by atoms with Crippen molar-refractivity contribution in [1.29, 1.82) is 0 Å². The minimum atomic E-state index is -5.14. The molecule has 3 rings (SSSR count). The lowest BCUT2D eigenvalue weighted by Gasteiger charge is -2.23. The highest BCUT2D eigenvalue weighted by atomic mass is 19.4. The minimum Gasteiger partial charge on any atom is -0.475 e. The lowest BCUT2D eigenvalue weighted by molar-refractivity contribution is -0.192. The van der Waals surface area contributed by atoms with E-state index in [4.69, 9.17) is 14.6 Å². The van der Waals surface area contributed by atoms with Crippen molar-refractivity contribution in [2.24, 2.45) is 5.92 Å². The fourth-order valence-corrected chi connectivity index (χ4v) is 3.42. The van der Waals surface area contributed by atoms with E-state index in [1.807, 2.05) is 0 Å². The molecule has 44 heavy (non-hydrogen) atoms. The van der Waals surface area contributed by atoms with E-state index in [9.17, 15) is 45.5 Å². The maximum atomic E-state index is 13.2. The number of carbonyl (C=O) groups is 4. The fourth-order valence-electron chi connectivity index (χ4n) is 3.42. The van der Waals surface area contributed by atoms with E-state index in [2.05, 4.69) is 20.6 Å². The van der Waals surface area contributed by atoms with Crippen molar-refractivity contribution in [2.45, 2.75) is 45.4 Å². The smallest absolute Gasteiger partial charge is 0.475 e. The summed E-state index contributed by atoms with van der Waals surface area (Å²) in [5, 5.41) is 11.5. The number of hydrogen-bond acceptors (Lipinski definition) is 7. The van der Waals surface area contributed by atoms with E-state index in [-0.39, 0.29) is 18.0 Å². The Labute approximate surface area is 244 Å². The Hall–Kier alpha value is -5.16. The van der Waals surface area contributed by atoms with Gasteiger partial charge in [-0.3, -0.25) is 24.3 Å². The number of aromatic nitrogens is 3. The summed E-state index contributed by atoms with van der Waals surface area (Å²) in [7, 11) is 0. The summed E-state index contributed by atoms with van der Waals surface area (Å²) < 4.78 is 76.7. The summed E-state index contributed by atoms with van der Waals surface area (Å²) in [5.74, 6) is -6.71. The number of aliphatic carboxylic acids is 1. The molecule has 1 aromatic carbocycles. The summed E-state index contributed by atoms with van der Waals surface area (Å²) in [6.07, 6.45) is -8.27. The van der Waals surface area contributed by atoms with Crippen LogP contribution in [0.3, 0.4) is 0 Å². The zero-order valence-electron chi connectivity index (χ0n) is 22.8. The molecular weight excluding hydrogens is 608 g/mol. The van der Waals surface area contributed by atoms with Crippen LogP contribution in [0.25, 0.3) is 11.3 Å². The van der Waals surface area contributed by atoms with Crippen LogP contribution in [-0.4, -0.2) is 61.8 Å². The first-order valence-corrected chi connectivity index (χ1v) is 12.3. The number of aromatic amines is 1. The van der Waals surface area contributed by atoms with Gasteiger partial charge in [-0.25, -0.2) is 14.6 Å². The molecule has 2 aromatic heterocycles. The number of ketones is 1. The molecule has 0 saturated carbocycles. The molecule has 0 fully saturated rings. The topological polar surface area (TPSA) is 172 Å². The van der Waals surface area contributed by atoms with Crippen molar-refractivity contribution in [3.8, 4) is 11.3 Å². The predicted octanol–water partition coefficient (Wildman–Crippen LogP) is 3.89. The number of halogens is 6. The van der Waals surface area contributed by atoms with Crippen molar-refractivity contribution in [3.63, 3.8) is 0 Å². The molecule has 12 nitrogen and oxygen atoms in total. The van der Waals surface area contributed by atoms with Gasteiger partial charge in [0, 0.05) is 6.20 Å². The van der Waals surface area contributed by atoms with Gasteiger partial charge in [0.2, 0.25) is 5.91 Å². The number of carboxylic acids is 1. The second-order valence-electron chi connectivity index (χ2n) is 9.11. The van der Waals surface area contributed by atoms with Crippen LogP contribution in [0.15, 0.2) is 59.8 Å². The number of H-pyrrole nitrogens is 1. The van der Waals surface area contributed by atoms with E-state index < -0.39 is 60.2 Å². The van der Waals surface area contributed by atoms with E-state index in [0.717, 1.165) is 4.57 Å². The highest BCUT2D eigenvalue weighted by Crippen LogP contribution is 2.22. The van der Waals surface area contributed by atoms with Crippen molar-refractivity contribution < 1.29 is 55.4 Å². The molecule has 0 bridgehead atoms. The van der Waals surface area contributed by atoms with Gasteiger partial charge in [-0.1, -0.05) is 44.2 Å². The first kappa shape index (κ1) is 35.0. The van der Waals surface area contributed by atoms with Crippen LogP contribution in [0.5, 0.6) is 0 Å². The normalized spacial score (nSPS) is 12.0. The van der Waals surface area contributed by atoms with Gasteiger partial charge in [0.15, 0.2) is 0 Å². The number of rotatable bonds is 9. The molecule has 2 amide bonds. The molecule has 0 saturated heterocycles. The van der Waals surface area contributed by atoms with E-state index in [1.54, 1.807) is 30.3 Å². The number of carboxylic acid groups (broad SMARTS) is 1. The largest absolute Gasteiger partial charge is 0.490 e. The SMILES string of the molecule is CC(C)C(NC(=O)Cn1c(-c2ccccc2)ccc(NC(=O)OCc2c[nH]cn2)c1=O)C(=O)C(F)(F)F.O=C(O)C(F)(F)F. The number of imidazole rings is 1. The number of benzene rings is 1. The molecule has 0 radical (unpaired) electrons. The third-order valence-corrected chi connectivity index (χ3v) is 5.48. The summed E-state index contributed by atoms with van der Waals surface area (Å²) in [6, 6.07) is 9.41. The second-order valence-corrected chi connectivity index (χ2v) is 9.11. The predicted molar refractivity (Wildman–Crippen MR) is 140 cm³/mol. The third kappa shape index (κ3) is 10.3. The number of pyridine rings is 1. The molecule has 0 spiro atoms. The second kappa shape index (κ2) is 14.8. The molecule has 18 heteroatoms. The number of anilines is 1. The van der Waals surface area contributed by atoms with E-state index in [1.165, 1.54) is 38.5 Å². The zero-order chi connectivity index (χ0) is 33.2. The summed E-state index contributed by atoms with van der Waals surface area (Å²) >= 11 is 0. The Balaban J connectivity index is 0.000000860. The molecule has 238 valence electrons. The van der Waals surface area contributed by atoms with E-state index >= 15 is 0 Å². The lowest BCUT2D eigenvalue weighted by atomic mass is 9.99. The Kier molecular flexibility index (Phi) is 11.8. The summed E-state index contributed by atoms with van der Waals surface area (Å²) in [6.45, 7) is 1.83. The molecule has 0 aliphatic heterocycles. The Morgan fingerprint density at radius 1 is 1.00 bits per heavy atom. The van der Waals surface area contributed by atoms with Gasteiger partial charge in [0.25, 0.3) is 11.3 Å². The molecule has 4 N–H and O–H groups in total. The summed E-state index contributed by atoms with van der Waals surface area (Å²) in [5.41, 5.74) is 0.200. The van der Waals surface area contributed by atoms with Crippen molar-refractivity contribution in [3.05, 3.63) is 71.0 Å². The number of hydrogen-bond donors (Lipinski definition) is 4. The van der Waals surface area contributed by atoms with Gasteiger partial charge in [-0.05, 0) is 23.6 Å². The van der Waals surface area contributed by atoms with Gasteiger partial charge < -0.3 is 20.1 Å². The average Bonchev–Trinajstić information content (AvgIpc) is 3.46. The monoisotopic (exact) mass is 633 g/mol. The number of ether oxygens (including phenoxy) is 1. The van der Waals surface area contributed by atoms with Crippen LogP contribution in [0, 0.1) is 5.92 Å². The van der Waals surface area contributed by atoms with Gasteiger partial charge >= 0.3 is 24.4 Å². The molecule has 2 heterocycles. The Morgan fingerprint density at radius 2 is 1.61 bits per heavy atom. The maximum absolute atomic E-state index is 13.2. The number of Topliss-reactive ketones (excluding diaryl/α,β-unsaturated/α-hetero) is 1. The van der Waals surface area contributed by atoms with Gasteiger partial charge in [0.05, 0.1) is 23.8 Å². The van der Waals surface area contributed by atoms with Crippen LogP contribution in [-0.2, 0) is 32.3 Å². The highest BCUT2D eigenvalue weighted by Gasteiger charge is 2.45.